The molecule has 70 heavy (non-hydrogen) atoms. The van der Waals surface area contributed by atoms with Gasteiger partial charge < -0.3 is 14.6 Å². The molecule has 23 heteroatoms. The number of rotatable bonds is 12. The number of aryl methyl sites for hydroxylation is 1. The van der Waals surface area contributed by atoms with Crippen molar-refractivity contribution in [2.24, 2.45) is 0 Å². The van der Waals surface area contributed by atoms with E-state index in [4.69, 9.17) is 15.7 Å². The zero-order valence-electron chi connectivity index (χ0n) is 38.4. The number of anilines is 3. The summed E-state index contributed by atoms with van der Waals surface area (Å²) in [6, 6.07) is 5.76. The highest BCUT2D eigenvalue weighted by atomic mass is 32.2. The maximum Gasteiger partial charge on any atom is 0.416 e. The first-order valence-corrected chi connectivity index (χ1v) is 23.7. The molecule has 2 aliphatic carbocycles. The van der Waals surface area contributed by atoms with Crippen LogP contribution in [0, 0.1) is 52.2 Å². The van der Waals surface area contributed by atoms with Crippen molar-refractivity contribution < 1.29 is 64.3 Å². The molecule has 1 N–H and O–H groups in total. The van der Waals surface area contributed by atoms with Gasteiger partial charge in [0.25, 0.3) is 23.4 Å². The number of alkyl halides is 3. The van der Waals surface area contributed by atoms with E-state index >= 15 is 0 Å². The molecule has 3 amide bonds. The summed E-state index contributed by atoms with van der Waals surface area (Å²) in [5.41, 5.74) is 0.177. The van der Waals surface area contributed by atoms with Crippen molar-refractivity contribution in [2.45, 2.75) is 102 Å². The first-order valence-electron chi connectivity index (χ1n) is 21.9. The van der Waals surface area contributed by atoms with Crippen LogP contribution < -0.4 is 19.9 Å². The van der Waals surface area contributed by atoms with Gasteiger partial charge in [0.1, 0.15) is 5.75 Å². The Kier molecular flexibility index (Phi) is 15.3. The van der Waals surface area contributed by atoms with E-state index < -0.39 is 59.7 Å². The summed E-state index contributed by atoms with van der Waals surface area (Å²) in [7, 11) is -4.04. The van der Waals surface area contributed by atoms with Gasteiger partial charge in [-0.05, 0) is 95.0 Å². The molecule has 0 spiro atoms. The SMILES string of the molecule is C#CCN1C(=O)COc2cc(F)c(N3C(=O)C4=C(CCCC4)C3=O)cc21.CCC(CC)Nc1c([N+](=O)[O-])cc(C)c(C)c1[N+](=O)[O-].CS(=O)(=O)c1cc(C(F)(F)F)ccc1C(=O)c1cnoc1C1CC1. The fourth-order valence-electron chi connectivity index (χ4n) is 8.09. The molecule has 3 aromatic carbocycles. The van der Waals surface area contributed by atoms with Crippen molar-refractivity contribution in [3.63, 3.8) is 0 Å². The summed E-state index contributed by atoms with van der Waals surface area (Å²) in [4.78, 5) is 72.8. The standard InChI is InChI=1S/C19H15FN2O4.C15H12F3NO4S.C13H19N3O4/c1-2-7-21-15-9-14(13(20)8-16(15)26-10-17(21)23)22-18(24)11-5-3-4-6-12(11)19(22)25;1-24(21,22)12-6-9(15(16,17)18)4-5-10(12)13(20)11-7-19-23-14(11)8-2-3-8;1-5-10(6-2)14-12-11(15(17)18)7-8(3)9(4)13(12)16(19)20/h1,8-9H,3-7,10H2;4-8H,2-3H2,1H3;7,10,14H,5-6H2,1-4H3. The molecular formula is C47H46F4N6O12S. The highest BCUT2D eigenvalue weighted by molar-refractivity contribution is 7.90. The van der Waals surface area contributed by atoms with Crippen LogP contribution in [0.3, 0.4) is 0 Å². The molecule has 370 valence electrons. The summed E-state index contributed by atoms with van der Waals surface area (Å²) < 4.78 is 87.2. The topological polar surface area (TPSA) is 242 Å². The maximum absolute atomic E-state index is 14.7. The van der Waals surface area contributed by atoms with E-state index in [1.54, 1.807) is 13.8 Å². The predicted octanol–water partition coefficient (Wildman–Crippen LogP) is 8.85. The van der Waals surface area contributed by atoms with E-state index in [1.807, 2.05) is 13.8 Å². The first-order chi connectivity index (χ1) is 32.9. The third kappa shape index (κ3) is 10.7. The number of halogens is 4. The predicted molar refractivity (Wildman–Crippen MR) is 245 cm³/mol. The van der Waals surface area contributed by atoms with Gasteiger partial charge in [-0.25, -0.2) is 17.7 Å². The molecule has 2 aliphatic heterocycles. The van der Waals surface area contributed by atoms with Crippen LogP contribution in [0.1, 0.15) is 110 Å². The van der Waals surface area contributed by atoms with Gasteiger partial charge in [-0.1, -0.05) is 24.9 Å². The van der Waals surface area contributed by atoms with Crippen LogP contribution >= 0.6 is 0 Å². The van der Waals surface area contributed by atoms with Crippen LogP contribution in [0.5, 0.6) is 5.75 Å². The van der Waals surface area contributed by atoms with Crippen LogP contribution in [0.25, 0.3) is 0 Å². The van der Waals surface area contributed by atoms with Gasteiger partial charge in [0.15, 0.2) is 39.5 Å². The number of nitrogens with one attached hydrogen (secondary N) is 1. The van der Waals surface area contributed by atoms with Gasteiger partial charge in [-0.3, -0.25) is 44.3 Å². The number of ketones is 1. The Morgan fingerprint density at radius 3 is 2.13 bits per heavy atom. The van der Waals surface area contributed by atoms with Crippen molar-refractivity contribution in [2.75, 3.05) is 34.5 Å². The van der Waals surface area contributed by atoms with Crippen molar-refractivity contribution in [3.05, 3.63) is 113 Å². The third-order valence-electron chi connectivity index (χ3n) is 12.1. The minimum absolute atomic E-state index is 0.0109. The van der Waals surface area contributed by atoms with E-state index in [-0.39, 0.29) is 76.3 Å². The summed E-state index contributed by atoms with van der Waals surface area (Å²) in [6.07, 6.45) is 8.33. The molecule has 0 saturated heterocycles. The van der Waals surface area contributed by atoms with E-state index in [1.165, 1.54) is 23.2 Å². The summed E-state index contributed by atoms with van der Waals surface area (Å²) >= 11 is 0. The largest absolute Gasteiger partial charge is 0.481 e. The Hall–Kier alpha value is -7.48. The second-order valence-corrected chi connectivity index (χ2v) is 18.8. The van der Waals surface area contributed by atoms with Crippen molar-refractivity contribution in [3.8, 4) is 18.1 Å². The van der Waals surface area contributed by atoms with Crippen LogP contribution in [-0.4, -0.2) is 72.4 Å². The number of aromatic nitrogens is 1. The molecule has 1 saturated carbocycles. The first kappa shape index (κ1) is 51.9. The number of nitro benzene ring substituents is 2. The number of nitrogens with zero attached hydrogens (tertiary/aromatic N) is 5. The Bertz CT molecular complexity index is 2980. The number of carbonyl (C=O) groups is 4. The molecule has 3 heterocycles. The average molecular weight is 995 g/mol. The quantitative estimate of drug-likeness (QED) is 0.0348. The zero-order valence-corrected chi connectivity index (χ0v) is 39.2. The number of ether oxygens (including phenoxy) is 1. The third-order valence-corrected chi connectivity index (χ3v) is 13.2. The zero-order chi connectivity index (χ0) is 51.6. The molecule has 0 radical (unpaired) electrons. The normalized spacial score (nSPS) is 15.5. The average Bonchev–Trinajstić information content (AvgIpc) is 3.98. The smallest absolute Gasteiger partial charge is 0.416 e. The molecule has 4 aliphatic rings. The molecule has 0 atom stereocenters. The fraction of sp³-hybridized carbons (Fsp3) is 0.383. The molecule has 1 fully saturated rings. The van der Waals surface area contributed by atoms with Gasteiger partial charge in [0.2, 0.25) is 0 Å². The van der Waals surface area contributed by atoms with Crippen molar-refractivity contribution in [1.82, 2.24) is 5.16 Å². The number of sulfone groups is 1. The second kappa shape index (κ2) is 20.6. The lowest BCUT2D eigenvalue weighted by Gasteiger charge is -2.29. The van der Waals surface area contributed by atoms with E-state index in [9.17, 15) is 65.4 Å². The van der Waals surface area contributed by atoms with Gasteiger partial charge in [-0.15, -0.1) is 6.42 Å². The number of terminal acetylenes is 1. The molecule has 8 rings (SSSR count). The fourth-order valence-corrected chi connectivity index (χ4v) is 9.00. The summed E-state index contributed by atoms with van der Waals surface area (Å²) in [6.45, 7) is 6.84. The number of carbonyl (C=O) groups excluding carboxylic acids is 4. The van der Waals surface area contributed by atoms with E-state index in [2.05, 4.69) is 16.4 Å². The number of hydrogen-bond acceptors (Lipinski definition) is 14. The Labute approximate surface area is 398 Å². The van der Waals surface area contributed by atoms with Crippen LogP contribution in [0.15, 0.2) is 63.2 Å². The van der Waals surface area contributed by atoms with Gasteiger partial charge in [0, 0.05) is 52.6 Å². The summed E-state index contributed by atoms with van der Waals surface area (Å²) in [5.74, 6) is 0.0810. The number of hydrogen-bond donors (Lipinski definition) is 1. The molecular weight excluding hydrogens is 949 g/mol. The van der Waals surface area contributed by atoms with Crippen LogP contribution in [0.4, 0.5) is 46.0 Å². The number of imide groups is 1. The molecule has 4 aromatic rings. The van der Waals surface area contributed by atoms with E-state index in [0.717, 1.165) is 61.8 Å². The number of nitro groups is 2. The van der Waals surface area contributed by atoms with Crippen LogP contribution in [-0.2, 0) is 30.4 Å². The lowest BCUT2D eigenvalue weighted by Crippen LogP contribution is -2.39. The second-order valence-electron chi connectivity index (χ2n) is 16.8. The van der Waals surface area contributed by atoms with E-state index in [0.29, 0.717) is 53.0 Å². The number of benzene rings is 3. The molecule has 18 nitrogen and oxygen atoms in total. The molecule has 1 aromatic heterocycles. The molecule has 0 unspecified atom stereocenters. The number of fused-ring (bicyclic) bond motifs is 1. The number of amides is 3. The summed E-state index contributed by atoms with van der Waals surface area (Å²) in [5, 5.41) is 28.9. The minimum atomic E-state index is -4.71. The Balaban J connectivity index is 0.000000174. The van der Waals surface area contributed by atoms with Crippen LogP contribution in [0.2, 0.25) is 0 Å². The Morgan fingerprint density at radius 2 is 1.60 bits per heavy atom. The lowest BCUT2D eigenvalue weighted by molar-refractivity contribution is -0.392. The Morgan fingerprint density at radius 1 is 0.971 bits per heavy atom. The maximum atomic E-state index is 14.7. The van der Waals surface area contributed by atoms with Gasteiger partial charge in [-0.2, -0.15) is 13.2 Å². The minimum Gasteiger partial charge on any atom is -0.481 e. The van der Waals surface area contributed by atoms with Gasteiger partial charge in [0.05, 0.1) is 50.0 Å². The van der Waals surface area contributed by atoms with Gasteiger partial charge >= 0.3 is 11.9 Å². The monoisotopic (exact) mass is 994 g/mol. The highest BCUT2D eigenvalue weighted by Gasteiger charge is 2.42. The lowest BCUT2D eigenvalue weighted by atomic mass is 9.93. The van der Waals surface area contributed by atoms with Crippen molar-refractivity contribution >= 4 is 61.8 Å². The highest BCUT2D eigenvalue weighted by Crippen LogP contribution is 2.44. The van der Waals surface area contributed by atoms with Crippen molar-refractivity contribution in [1.29, 1.82) is 0 Å². The molecule has 0 bridgehead atoms.